The number of ether oxygens (including phenoxy) is 1. The Labute approximate surface area is 73.3 Å². The molecule has 1 aromatic heterocycles. The van der Waals surface area contributed by atoms with Crippen LogP contribution in [0, 0.1) is 0 Å². The Morgan fingerprint density at radius 2 is 2.23 bits per heavy atom. The van der Waals surface area contributed by atoms with Crippen molar-refractivity contribution in [1.29, 1.82) is 0 Å². The zero-order valence-corrected chi connectivity index (χ0v) is 6.56. The van der Waals surface area contributed by atoms with Crippen molar-refractivity contribution < 1.29 is 19.1 Å². The standard InChI is InChI=1S/C9H6O4/c10-9(11)13-8-3-1-2-7-6(8)4-5-12-7/h1-5H,(H,10,11). The predicted octanol–water partition coefficient (Wildman–Crippen LogP) is 2.49. The fourth-order valence-corrected chi connectivity index (χ4v) is 1.15. The van der Waals surface area contributed by atoms with E-state index in [2.05, 4.69) is 4.74 Å². The average Bonchev–Trinajstić information content (AvgIpc) is 2.51. The Morgan fingerprint density at radius 3 is 3.00 bits per heavy atom. The Morgan fingerprint density at radius 1 is 1.38 bits per heavy atom. The van der Waals surface area contributed by atoms with Crippen molar-refractivity contribution in [2.24, 2.45) is 0 Å². The summed E-state index contributed by atoms with van der Waals surface area (Å²) < 4.78 is 9.61. The second-order valence-corrected chi connectivity index (χ2v) is 2.46. The molecule has 4 heteroatoms. The fourth-order valence-electron chi connectivity index (χ4n) is 1.15. The maximum Gasteiger partial charge on any atom is 0.511 e. The molecule has 0 saturated carbocycles. The van der Waals surface area contributed by atoms with Gasteiger partial charge in [0.15, 0.2) is 0 Å². The minimum Gasteiger partial charge on any atom is -0.464 e. The van der Waals surface area contributed by atoms with Crippen LogP contribution in [0.3, 0.4) is 0 Å². The van der Waals surface area contributed by atoms with E-state index in [0.29, 0.717) is 16.7 Å². The molecular formula is C9H6O4. The highest BCUT2D eigenvalue weighted by molar-refractivity contribution is 5.85. The number of furan rings is 1. The van der Waals surface area contributed by atoms with Gasteiger partial charge in [0.1, 0.15) is 11.3 Å². The molecule has 0 bridgehead atoms. The van der Waals surface area contributed by atoms with Gasteiger partial charge in [0, 0.05) is 0 Å². The van der Waals surface area contributed by atoms with Crippen molar-refractivity contribution in [2.45, 2.75) is 0 Å². The first-order valence-corrected chi connectivity index (χ1v) is 3.64. The molecule has 1 N–H and O–H groups in total. The van der Waals surface area contributed by atoms with E-state index in [4.69, 9.17) is 9.52 Å². The van der Waals surface area contributed by atoms with Crippen LogP contribution < -0.4 is 4.74 Å². The second kappa shape index (κ2) is 2.82. The van der Waals surface area contributed by atoms with Crippen molar-refractivity contribution in [3.63, 3.8) is 0 Å². The highest BCUT2D eigenvalue weighted by Crippen LogP contribution is 2.26. The first kappa shape index (κ1) is 7.67. The zero-order valence-electron chi connectivity index (χ0n) is 6.56. The van der Waals surface area contributed by atoms with Crippen molar-refractivity contribution >= 4 is 17.1 Å². The first-order valence-electron chi connectivity index (χ1n) is 3.64. The van der Waals surface area contributed by atoms with E-state index in [9.17, 15) is 4.79 Å². The average molecular weight is 178 g/mol. The van der Waals surface area contributed by atoms with Gasteiger partial charge in [-0.2, -0.15) is 0 Å². The largest absolute Gasteiger partial charge is 0.511 e. The number of carboxylic acid groups (broad SMARTS) is 1. The number of carbonyl (C=O) groups is 1. The summed E-state index contributed by atoms with van der Waals surface area (Å²) >= 11 is 0. The summed E-state index contributed by atoms with van der Waals surface area (Å²) in [5, 5.41) is 9.07. The SMILES string of the molecule is O=C(O)Oc1cccc2occc12. The van der Waals surface area contributed by atoms with Gasteiger partial charge in [-0.05, 0) is 18.2 Å². The van der Waals surface area contributed by atoms with E-state index in [1.165, 1.54) is 6.26 Å². The minimum absolute atomic E-state index is 0.291. The van der Waals surface area contributed by atoms with E-state index in [1.807, 2.05) is 0 Å². The molecule has 0 aliphatic heterocycles. The molecule has 2 aromatic rings. The first-order chi connectivity index (χ1) is 6.27. The number of fused-ring (bicyclic) bond motifs is 1. The lowest BCUT2D eigenvalue weighted by molar-refractivity contribution is 0.145. The normalized spacial score (nSPS) is 10.2. The Kier molecular flexibility index (Phi) is 1.66. The molecule has 0 saturated heterocycles. The summed E-state index contributed by atoms with van der Waals surface area (Å²) in [4.78, 5) is 10.3. The van der Waals surface area contributed by atoms with E-state index in [0.717, 1.165) is 0 Å². The van der Waals surface area contributed by atoms with Gasteiger partial charge in [-0.1, -0.05) is 6.07 Å². The van der Waals surface area contributed by atoms with Crippen LogP contribution in [-0.4, -0.2) is 11.3 Å². The molecule has 66 valence electrons. The summed E-state index contributed by atoms with van der Waals surface area (Å²) in [6, 6.07) is 6.65. The second-order valence-electron chi connectivity index (χ2n) is 2.46. The number of hydrogen-bond donors (Lipinski definition) is 1. The molecule has 0 atom stereocenters. The molecule has 0 fully saturated rings. The summed E-state index contributed by atoms with van der Waals surface area (Å²) in [6.45, 7) is 0. The van der Waals surface area contributed by atoms with E-state index in [1.54, 1.807) is 24.3 Å². The van der Waals surface area contributed by atoms with Gasteiger partial charge in [-0.25, -0.2) is 4.79 Å². The maximum atomic E-state index is 10.3. The third-order valence-corrected chi connectivity index (χ3v) is 1.65. The number of rotatable bonds is 1. The molecule has 13 heavy (non-hydrogen) atoms. The lowest BCUT2D eigenvalue weighted by atomic mass is 10.2. The lowest BCUT2D eigenvalue weighted by Crippen LogP contribution is -2.02. The van der Waals surface area contributed by atoms with Crippen LogP contribution in [0.4, 0.5) is 4.79 Å². The third-order valence-electron chi connectivity index (χ3n) is 1.65. The highest BCUT2D eigenvalue weighted by Gasteiger charge is 2.06. The van der Waals surface area contributed by atoms with Gasteiger partial charge in [0.2, 0.25) is 0 Å². The van der Waals surface area contributed by atoms with Crippen molar-refractivity contribution in [3.8, 4) is 5.75 Å². The zero-order chi connectivity index (χ0) is 9.26. The Balaban J connectivity index is 2.54. The third kappa shape index (κ3) is 1.33. The molecule has 0 aliphatic carbocycles. The minimum atomic E-state index is -1.33. The maximum absolute atomic E-state index is 10.3. The van der Waals surface area contributed by atoms with Crippen LogP contribution in [-0.2, 0) is 0 Å². The smallest absolute Gasteiger partial charge is 0.464 e. The lowest BCUT2D eigenvalue weighted by Gasteiger charge is -1.99. The Bertz CT molecular complexity index is 444. The van der Waals surface area contributed by atoms with Gasteiger partial charge in [-0.3, -0.25) is 0 Å². The molecule has 0 radical (unpaired) electrons. The molecule has 0 spiro atoms. The van der Waals surface area contributed by atoms with Crippen LogP contribution in [0.2, 0.25) is 0 Å². The van der Waals surface area contributed by atoms with E-state index < -0.39 is 6.16 Å². The molecule has 2 rings (SSSR count). The van der Waals surface area contributed by atoms with Crippen molar-refractivity contribution in [2.75, 3.05) is 0 Å². The topological polar surface area (TPSA) is 59.7 Å². The van der Waals surface area contributed by atoms with Crippen LogP contribution >= 0.6 is 0 Å². The number of hydrogen-bond acceptors (Lipinski definition) is 3. The summed E-state index contributed by atoms with van der Waals surface area (Å²) in [7, 11) is 0. The highest BCUT2D eigenvalue weighted by atomic mass is 16.7. The van der Waals surface area contributed by atoms with Gasteiger partial charge in [-0.15, -0.1) is 0 Å². The molecule has 0 aliphatic rings. The van der Waals surface area contributed by atoms with Crippen LogP contribution in [0.1, 0.15) is 0 Å². The molecule has 1 heterocycles. The van der Waals surface area contributed by atoms with Crippen LogP contribution in [0.25, 0.3) is 11.0 Å². The quantitative estimate of drug-likeness (QED) is 0.538. The molecule has 0 unspecified atom stereocenters. The van der Waals surface area contributed by atoms with E-state index in [-0.39, 0.29) is 0 Å². The number of benzene rings is 1. The van der Waals surface area contributed by atoms with Crippen LogP contribution in [0.5, 0.6) is 5.75 Å². The van der Waals surface area contributed by atoms with Crippen LogP contribution in [0.15, 0.2) is 34.9 Å². The molecular weight excluding hydrogens is 172 g/mol. The summed E-state index contributed by atoms with van der Waals surface area (Å²) in [5.74, 6) is 0.291. The summed E-state index contributed by atoms with van der Waals surface area (Å²) in [6.07, 6.45) is 0.160. The predicted molar refractivity (Wildman–Crippen MR) is 44.9 cm³/mol. The Hall–Kier alpha value is -1.97. The molecule has 1 aromatic carbocycles. The van der Waals surface area contributed by atoms with Gasteiger partial charge < -0.3 is 14.3 Å². The van der Waals surface area contributed by atoms with Crippen molar-refractivity contribution in [3.05, 3.63) is 30.5 Å². The van der Waals surface area contributed by atoms with Gasteiger partial charge in [0.05, 0.1) is 11.6 Å². The van der Waals surface area contributed by atoms with Gasteiger partial charge >= 0.3 is 6.16 Å². The van der Waals surface area contributed by atoms with Gasteiger partial charge in [0.25, 0.3) is 0 Å². The van der Waals surface area contributed by atoms with E-state index >= 15 is 0 Å². The molecule has 4 nitrogen and oxygen atoms in total. The van der Waals surface area contributed by atoms with Crippen molar-refractivity contribution in [1.82, 2.24) is 0 Å². The molecule has 0 amide bonds. The fraction of sp³-hybridized carbons (Fsp3) is 0. The monoisotopic (exact) mass is 178 g/mol. The summed E-state index contributed by atoms with van der Waals surface area (Å²) in [5.41, 5.74) is 0.610.